The first kappa shape index (κ1) is 18.4. The molecule has 0 aliphatic carbocycles. The molecule has 0 unspecified atom stereocenters. The van der Waals surface area contributed by atoms with Crippen LogP contribution in [-0.2, 0) is 18.2 Å². The molecular weight excluding hydrogens is 376 g/mol. The number of hydrogen-bond donors (Lipinski definition) is 0. The molecule has 1 aliphatic heterocycles. The van der Waals surface area contributed by atoms with E-state index >= 15 is 0 Å². The third kappa shape index (κ3) is 3.09. The number of esters is 1. The van der Waals surface area contributed by atoms with Gasteiger partial charge in [-0.25, -0.2) is 14.8 Å². The predicted octanol–water partition coefficient (Wildman–Crippen LogP) is 3.23. The lowest BCUT2D eigenvalue weighted by atomic mass is 10.1. The van der Waals surface area contributed by atoms with Gasteiger partial charge in [0.25, 0.3) is 5.91 Å². The number of carbonyl (C=O) groups excluding carboxylic acids is 2. The lowest BCUT2D eigenvalue weighted by molar-refractivity contribution is 0.0526. The van der Waals surface area contributed by atoms with Crippen molar-refractivity contribution in [3.05, 3.63) is 51.9 Å². The summed E-state index contributed by atoms with van der Waals surface area (Å²) in [6, 6.07) is 5.96. The summed E-state index contributed by atoms with van der Waals surface area (Å²) in [7, 11) is 1.81. The van der Waals surface area contributed by atoms with E-state index in [1.165, 1.54) is 11.3 Å². The van der Waals surface area contributed by atoms with E-state index in [0.717, 1.165) is 33.8 Å². The normalized spacial score (nSPS) is 12.9. The number of benzene rings is 1. The largest absolute Gasteiger partial charge is 0.461 e. The quantitative estimate of drug-likeness (QED) is 0.633. The van der Waals surface area contributed by atoms with Gasteiger partial charge in [0.2, 0.25) is 5.01 Å². The number of thiazole rings is 1. The molecule has 4 rings (SSSR count). The lowest BCUT2D eigenvalue weighted by Gasteiger charge is -2.17. The Hall–Kier alpha value is -3.00. The van der Waals surface area contributed by atoms with Crippen LogP contribution in [0, 0.1) is 6.92 Å². The average Bonchev–Trinajstić information content (AvgIpc) is 3.39. The summed E-state index contributed by atoms with van der Waals surface area (Å²) in [5, 5.41) is 0.364. The second kappa shape index (κ2) is 7.20. The van der Waals surface area contributed by atoms with Crippen LogP contribution in [0.2, 0.25) is 0 Å². The Balaban J connectivity index is 1.63. The molecule has 0 radical (unpaired) electrons. The number of imidazole rings is 1. The first-order valence-electron chi connectivity index (χ1n) is 9.05. The van der Waals surface area contributed by atoms with Crippen molar-refractivity contribution in [1.82, 2.24) is 14.5 Å². The van der Waals surface area contributed by atoms with Crippen molar-refractivity contribution in [1.29, 1.82) is 0 Å². The molecule has 0 atom stereocenters. The predicted molar refractivity (Wildman–Crippen MR) is 107 cm³/mol. The van der Waals surface area contributed by atoms with Crippen LogP contribution >= 0.6 is 11.3 Å². The number of anilines is 1. The van der Waals surface area contributed by atoms with E-state index in [1.54, 1.807) is 28.9 Å². The van der Waals surface area contributed by atoms with Gasteiger partial charge in [-0.05, 0) is 38.0 Å². The molecule has 3 aromatic rings. The van der Waals surface area contributed by atoms with E-state index in [1.807, 2.05) is 26.1 Å². The van der Waals surface area contributed by atoms with E-state index in [2.05, 4.69) is 16.0 Å². The van der Waals surface area contributed by atoms with Gasteiger partial charge < -0.3 is 14.2 Å². The van der Waals surface area contributed by atoms with Gasteiger partial charge in [-0.15, -0.1) is 11.3 Å². The minimum Gasteiger partial charge on any atom is -0.461 e. The number of aryl methyl sites for hydroxylation is 2. The fourth-order valence-electron chi connectivity index (χ4n) is 3.41. The van der Waals surface area contributed by atoms with Gasteiger partial charge in [-0.3, -0.25) is 4.79 Å². The van der Waals surface area contributed by atoms with Gasteiger partial charge in [-0.2, -0.15) is 0 Å². The molecule has 1 amide bonds. The van der Waals surface area contributed by atoms with Crippen molar-refractivity contribution in [3.8, 4) is 11.3 Å². The number of aromatic nitrogens is 3. The summed E-state index contributed by atoms with van der Waals surface area (Å²) in [6.07, 6.45) is 3.99. The van der Waals surface area contributed by atoms with Crippen LogP contribution < -0.4 is 4.90 Å². The SMILES string of the molecule is CCOC(=O)c1nc(-c2ccc3c(c2)CCN3C(=O)c2cncn2C)c(C)s1. The highest BCUT2D eigenvalue weighted by Crippen LogP contribution is 2.35. The molecule has 2 aromatic heterocycles. The van der Waals surface area contributed by atoms with Gasteiger partial charge in [0.1, 0.15) is 5.69 Å². The number of amides is 1. The van der Waals surface area contributed by atoms with Gasteiger partial charge in [0.15, 0.2) is 0 Å². The maximum atomic E-state index is 12.8. The highest BCUT2D eigenvalue weighted by atomic mass is 32.1. The van der Waals surface area contributed by atoms with E-state index in [-0.39, 0.29) is 5.91 Å². The number of carbonyl (C=O) groups is 2. The molecule has 0 N–H and O–H groups in total. The van der Waals surface area contributed by atoms with Crippen molar-refractivity contribution < 1.29 is 14.3 Å². The smallest absolute Gasteiger partial charge is 0.367 e. The molecule has 7 nitrogen and oxygen atoms in total. The fraction of sp³-hybridized carbons (Fsp3) is 0.300. The van der Waals surface area contributed by atoms with Gasteiger partial charge in [0, 0.05) is 29.7 Å². The van der Waals surface area contributed by atoms with Crippen LogP contribution in [0.3, 0.4) is 0 Å². The molecule has 0 bridgehead atoms. The zero-order valence-corrected chi connectivity index (χ0v) is 16.7. The molecule has 1 aromatic carbocycles. The first-order valence-corrected chi connectivity index (χ1v) is 9.87. The van der Waals surface area contributed by atoms with Crippen LogP contribution in [-0.4, -0.2) is 39.6 Å². The number of fused-ring (bicyclic) bond motifs is 1. The summed E-state index contributed by atoms with van der Waals surface area (Å²) in [4.78, 5) is 36.1. The summed E-state index contributed by atoms with van der Waals surface area (Å²) in [6.45, 7) is 4.68. The Morgan fingerprint density at radius 2 is 2.14 bits per heavy atom. The topological polar surface area (TPSA) is 77.3 Å². The minimum absolute atomic E-state index is 0.0547. The number of nitrogens with zero attached hydrogens (tertiary/aromatic N) is 4. The molecule has 28 heavy (non-hydrogen) atoms. The molecule has 3 heterocycles. The van der Waals surface area contributed by atoms with Crippen LogP contribution in [0.4, 0.5) is 5.69 Å². The zero-order chi connectivity index (χ0) is 19.8. The van der Waals surface area contributed by atoms with Crippen molar-refractivity contribution in [3.63, 3.8) is 0 Å². The average molecular weight is 396 g/mol. The number of rotatable bonds is 4. The maximum Gasteiger partial charge on any atom is 0.367 e. The summed E-state index contributed by atoms with van der Waals surface area (Å²) in [5.41, 5.74) is 4.29. The highest BCUT2D eigenvalue weighted by Gasteiger charge is 2.28. The summed E-state index contributed by atoms with van der Waals surface area (Å²) >= 11 is 1.34. The Morgan fingerprint density at radius 3 is 2.86 bits per heavy atom. The van der Waals surface area contributed by atoms with Crippen LogP contribution in [0.25, 0.3) is 11.3 Å². The third-order valence-corrected chi connectivity index (χ3v) is 5.73. The van der Waals surface area contributed by atoms with Crippen molar-refractivity contribution in [2.45, 2.75) is 20.3 Å². The molecule has 0 fully saturated rings. The van der Waals surface area contributed by atoms with Crippen LogP contribution in [0.5, 0.6) is 0 Å². The van der Waals surface area contributed by atoms with Crippen molar-refractivity contribution >= 4 is 28.9 Å². The first-order chi connectivity index (χ1) is 13.5. The summed E-state index contributed by atoms with van der Waals surface area (Å²) in [5.74, 6) is -0.447. The standard InChI is InChI=1S/C20H20N4O3S/c1-4-27-20(26)18-22-17(12(2)28-18)14-5-6-15-13(9-14)7-8-24(15)19(25)16-10-21-11-23(16)3/h5-6,9-11H,4,7-8H2,1-3H3. The number of hydrogen-bond acceptors (Lipinski definition) is 6. The summed E-state index contributed by atoms with van der Waals surface area (Å²) < 4.78 is 6.78. The Labute approximate surface area is 166 Å². The van der Waals surface area contributed by atoms with Crippen LogP contribution in [0.1, 0.15) is 37.7 Å². The third-order valence-electron chi connectivity index (χ3n) is 4.78. The fourth-order valence-corrected chi connectivity index (χ4v) is 4.24. The monoisotopic (exact) mass is 396 g/mol. The molecule has 1 aliphatic rings. The Morgan fingerprint density at radius 1 is 1.32 bits per heavy atom. The molecule has 0 saturated heterocycles. The highest BCUT2D eigenvalue weighted by molar-refractivity contribution is 7.13. The van der Waals surface area contributed by atoms with Crippen LogP contribution in [0.15, 0.2) is 30.7 Å². The van der Waals surface area contributed by atoms with Crippen molar-refractivity contribution in [2.24, 2.45) is 7.05 Å². The Kier molecular flexibility index (Phi) is 4.72. The van der Waals surface area contributed by atoms with Crippen molar-refractivity contribution in [2.75, 3.05) is 18.1 Å². The maximum absolute atomic E-state index is 12.8. The molecule has 0 saturated carbocycles. The van der Waals surface area contributed by atoms with E-state index in [9.17, 15) is 9.59 Å². The van der Waals surface area contributed by atoms with Gasteiger partial charge in [0.05, 0.1) is 24.8 Å². The van der Waals surface area contributed by atoms with Gasteiger partial charge in [-0.1, -0.05) is 6.07 Å². The Bertz CT molecular complexity index is 1070. The van der Waals surface area contributed by atoms with E-state index < -0.39 is 5.97 Å². The lowest BCUT2D eigenvalue weighted by Crippen LogP contribution is -2.30. The molecule has 144 valence electrons. The van der Waals surface area contributed by atoms with E-state index in [0.29, 0.717) is 23.9 Å². The molecule has 0 spiro atoms. The van der Waals surface area contributed by atoms with E-state index in [4.69, 9.17) is 4.74 Å². The van der Waals surface area contributed by atoms with Gasteiger partial charge >= 0.3 is 5.97 Å². The second-order valence-corrected chi connectivity index (χ2v) is 7.79. The minimum atomic E-state index is -0.393. The number of ether oxygens (including phenoxy) is 1. The zero-order valence-electron chi connectivity index (χ0n) is 15.9. The second-order valence-electron chi connectivity index (χ2n) is 6.58. The molecular formula is C20H20N4O3S. The molecule has 8 heteroatoms.